The van der Waals surface area contributed by atoms with Gasteiger partial charge in [-0.1, -0.05) is 6.07 Å². The SMILES string of the molecule is CCOC(=O)CN(C(=O)C=Cc1ccc(OCC)c(OCC)c1)C1CC1. The summed E-state index contributed by atoms with van der Waals surface area (Å²) in [6, 6.07) is 5.67. The second-order valence-electron chi connectivity index (χ2n) is 5.91. The van der Waals surface area contributed by atoms with Gasteiger partial charge in [0.05, 0.1) is 19.8 Å². The van der Waals surface area contributed by atoms with Gasteiger partial charge in [-0.05, 0) is 57.4 Å². The summed E-state index contributed by atoms with van der Waals surface area (Å²) in [4.78, 5) is 25.8. The van der Waals surface area contributed by atoms with Crippen LogP contribution in [-0.4, -0.2) is 49.2 Å². The quantitative estimate of drug-likeness (QED) is 0.473. The topological polar surface area (TPSA) is 65.1 Å². The minimum absolute atomic E-state index is 0.00481. The summed E-state index contributed by atoms with van der Waals surface area (Å²) in [5.74, 6) is 0.766. The normalized spacial score (nSPS) is 13.5. The molecule has 0 spiro atoms. The van der Waals surface area contributed by atoms with Crippen LogP contribution < -0.4 is 9.47 Å². The van der Waals surface area contributed by atoms with Crippen LogP contribution >= 0.6 is 0 Å². The molecule has 1 aliphatic carbocycles. The maximum Gasteiger partial charge on any atom is 0.325 e. The van der Waals surface area contributed by atoms with Crippen LogP contribution in [0.5, 0.6) is 11.5 Å². The van der Waals surface area contributed by atoms with E-state index in [9.17, 15) is 9.59 Å². The Labute approximate surface area is 154 Å². The number of amides is 1. The number of benzene rings is 1. The fraction of sp³-hybridized carbons (Fsp3) is 0.500. The van der Waals surface area contributed by atoms with Crippen LogP contribution in [-0.2, 0) is 14.3 Å². The average molecular weight is 361 g/mol. The summed E-state index contributed by atoms with van der Waals surface area (Å²) in [6.45, 7) is 6.97. The van der Waals surface area contributed by atoms with Crippen molar-refractivity contribution in [1.29, 1.82) is 0 Å². The van der Waals surface area contributed by atoms with Gasteiger partial charge in [-0.2, -0.15) is 0 Å². The molecule has 1 fully saturated rings. The Bertz CT molecular complexity index is 652. The molecule has 0 unspecified atom stereocenters. The summed E-state index contributed by atoms with van der Waals surface area (Å²) < 4.78 is 16.1. The summed E-state index contributed by atoms with van der Waals surface area (Å²) in [7, 11) is 0. The number of nitrogens with zero attached hydrogens (tertiary/aromatic N) is 1. The molecule has 26 heavy (non-hydrogen) atoms. The number of carbonyl (C=O) groups excluding carboxylic acids is 2. The molecule has 1 aromatic carbocycles. The van der Waals surface area contributed by atoms with Gasteiger partial charge in [0.15, 0.2) is 11.5 Å². The maximum atomic E-state index is 12.5. The molecule has 0 atom stereocenters. The van der Waals surface area contributed by atoms with Crippen molar-refractivity contribution in [3.63, 3.8) is 0 Å². The van der Waals surface area contributed by atoms with Crippen LogP contribution in [0.15, 0.2) is 24.3 Å². The van der Waals surface area contributed by atoms with Crippen LogP contribution in [0.3, 0.4) is 0 Å². The Balaban J connectivity index is 2.07. The molecule has 6 nitrogen and oxygen atoms in total. The zero-order valence-corrected chi connectivity index (χ0v) is 15.7. The molecule has 6 heteroatoms. The Morgan fingerprint density at radius 3 is 2.38 bits per heavy atom. The molecule has 1 aliphatic rings. The first kappa shape index (κ1) is 19.8. The molecule has 0 heterocycles. The van der Waals surface area contributed by atoms with E-state index in [0.717, 1.165) is 18.4 Å². The molecule has 0 N–H and O–H groups in total. The van der Waals surface area contributed by atoms with Gasteiger partial charge in [-0.15, -0.1) is 0 Å². The average Bonchev–Trinajstić information content (AvgIpc) is 3.45. The van der Waals surface area contributed by atoms with E-state index in [-0.39, 0.29) is 24.5 Å². The van der Waals surface area contributed by atoms with E-state index < -0.39 is 0 Å². The highest BCUT2D eigenvalue weighted by atomic mass is 16.5. The van der Waals surface area contributed by atoms with E-state index in [2.05, 4.69) is 0 Å². The minimum Gasteiger partial charge on any atom is -0.490 e. The van der Waals surface area contributed by atoms with Gasteiger partial charge in [0.2, 0.25) is 5.91 Å². The highest BCUT2D eigenvalue weighted by Crippen LogP contribution is 2.30. The first-order valence-electron chi connectivity index (χ1n) is 9.12. The molecule has 0 radical (unpaired) electrons. The molecule has 2 rings (SSSR count). The number of carbonyl (C=O) groups is 2. The van der Waals surface area contributed by atoms with Gasteiger partial charge in [-0.25, -0.2) is 0 Å². The van der Waals surface area contributed by atoms with Crippen molar-refractivity contribution in [3.8, 4) is 11.5 Å². The van der Waals surface area contributed by atoms with Crippen LogP contribution in [0.4, 0.5) is 0 Å². The van der Waals surface area contributed by atoms with Crippen molar-refractivity contribution >= 4 is 18.0 Å². The molecule has 0 aromatic heterocycles. The second-order valence-corrected chi connectivity index (χ2v) is 5.91. The lowest BCUT2D eigenvalue weighted by Crippen LogP contribution is -2.37. The zero-order valence-electron chi connectivity index (χ0n) is 15.7. The molecule has 1 saturated carbocycles. The summed E-state index contributed by atoms with van der Waals surface area (Å²) >= 11 is 0. The first-order chi connectivity index (χ1) is 12.6. The number of hydrogen-bond donors (Lipinski definition) is 0. The smallest absolute Gasteiger partial charge is 0.325 e. The van der Waals surface area contributed by atoms with Crippen molar-refractivity contribution in [3.05, 3.63) is 29.8 Å². The third kappa shape index (κ3) is 5.79. The fourth-order valence-electron chi connectivity index (χ4n) is 2.55. The van der Waals surface area contributed by atoms with Crippen molar-refractivity contribution in [2.75, 3.05) is 26.4 Å². The lowest BCUT2D eigenvalue weighted by molar-refractivity contribution is -0.148. The highest BCUT2D eigenvalue weighted by molar-refractivity contribution is 5.94. The van der Waals surface area contributed by atoms with E-state index in [1.54, 1.807) is 17.9 Å². The zero-order chi connectivity index (χ0) is 18.9. The number of rotatable bonds is 10. The minimum atomic E-state index is -0.374. The predicted molar refractivity (Wildman–Crippen MR) is 99.2 cm³/mol. The van der Waals surface area contributed by atoms with Gasteiger partial charge in [0.25, 0.3) is 0 Å². The molecule has 0 saturated heterocycles. The van der Waals surface area contributed by atoms with Crippen molar-refractivity contribution in [2.45, 2.75) is 39.7 Å². The molecule has 142 valence electrons. The molecule has 0 bridgehead atoms. The summed E-state index contributed by atoms with van der Waals surface area (Å²) in [6.07, 6.45) is 5.07. The van der Waals surface area contributed by atoms with Gasteiger partial charge >= 0.3 is 5.97 Å². The lowest BCUT2D eigenvalue weighted by atomic mass is 10.2. The van der Waals surface area contributed by atoms with Gasteiger partial charge in [0, 0.05) is 12.1 Å². The lowest BCUT2D eigenvalue weighted by Gasteiger charge is -2.19. The molecule has 1 amide bonds. The third-order valence-corrected chi connectivity index (χ3v) is 3.86. The van der Waals surface area contributed by atoms with Crippen LogP contribution in [0.2, 0.25) is 0 Å². The Morgan fingerprint density at radius 1 is 1.08 bits per heavy atom. The van der Waals surface area contributed by atoms with Crippen molar-refractivity contribution < 1.29 is 23.8 Å². The van der Waals surface area contributed by atoms with E-state index in [1.807, 2.05) is 32.0 Å². The maximum absolute atomic E-state index is 12.5. The third-order valence-electron chi connectivity index (χ3n) is 3.86. The second kappa shape index (κ2) is 9.85. The first-order valence-corrected chi connectivity index (χ1v) is 9.12. The number of hydrogen-bond acceptors (Lipinski definition) is 5. The standard InChI is InChI=1S/C20H27NO5/c1-4-24-17-11-7-15(13-18(17)25-5-2)8-12-19(22)21(16-9-10-16)14-20(23)26-6-3/h7-8,11-13,16H,4-6,9-10,14H2,1-3H3. The van der Waals surface area contributed by atoms with Gasteiger partial charge in [0.1, 0.15) is 6.54 Å². The van der Waals surface area contributed by atoms with Crippen LogP contribution in [0.25, 0.3) is 6.08 Å². The van der Waals surface area contributed by atoms with Gasteiger partial charge < -0.3 is 19.1 Å². The van der Waals surface area contributed by atoms with Crippen molar-refractivity contribution in [1.82, 2.24) is 4.90 Å². The monoisotopic (exact) mass is 361 g/mol. The van der Waals surface area contributed by atoms with Crippen LogP contribution in [0, 0.1) is 0 Å². The van der Waals surface area contributed by atoms with E-state index in [1.165, 1.54) is 6.08 Å². The Morgan fingerprint density at radius 2 is 1.77 bits per heavy atom. The van der Waals surface area contributed by atoms with Crippen molar-refractivity contribution in [2.24, 2.45) is 0 Å². The molecular weight excluding hydrogens is 334 g/mol. The Kier molecular flexibility index (Phi) is 7.51. The van der Waals surface area contributed by atoms with Crippen LogP contribution in [0.1, 0.15) is 39.2 Å². The molecule has 1 aromatic rings. The number of ether oxygens (including phenoxy) is 3. The van der Waals surface area contributed by atoms with E-state index in [4.69, 9.17) is 14.2 Å². The highest BCUT2D eigenvalue weighted by Gasteiger charge is 2.33. The predicted octanol–water partition coefficient (Wildman–Crippen LogP) is 3.05. The fourth-order valence-corrected chi connectivity index (χ4v) is 2.55. The molecule has 0 aliphatic heterocycles. The van der Waals surface area contributed by atoms with E-state index >= 15 is 0 Å². The summed E-state index contributed by atoms with van der Waals surface area (Å²) in [5.41, 5.74) is 0.831. The Hall–Kier alpha value is -2.50. The van der Waals surface area contributed by atoms with E-state index in [0.29, 0.717) is 31.3 Å². The summed E-state index contributed by atoms with van der Waals surface area (Å²) in [5, 5.41) is 0. The molecular formula is C20H27NO5. The van der Waals surface area contributed by atoms with Gasteiger partial charge in [-0.3, -0.25) is 9.59 Å². The largest absolute Gasteiger partial charge is 0.490 e. The number of esters is 1.